The second kappa shape index (κ2) is 4.53. The second-order valence-electron chi connectivity index (χ2n) is 3.71. The first kappa shape index (κ1) is 9.62. The third-order valence-electron chi connectivity index (χ3n) is 2.31. The van der Waals surface area contributed by atoms with Gasteiger partial charge >= 0.3 is 0 Å². The molecule has 1 fully saturated rings. The summed E-state index contributed by atoms with van der Waals surface area (Å²) in [6, 6.07) is 6.81. The van der Waals surface area contributed by atoms with E-state index < -0.39 is 0 Å². The molecule has 1 aliphatic rings. The zero-order chi connectivity index (χ0) is 9.80. The summed E-state index contributed by atoms with van der Waals surface area (Å²) in [4.78, 5) is 4.47. The molecule has 1 aromatic rings. The van der Waals surface area contributed by atoms with E-state index in [0.717, 1.165) is 24.0 Å². The maximum absolute atomic E-state index is 5.04. The Balaban J connectivity index is 1.90. The van der Waals surface area contributed by atoms with Crippen LogP contribution in [0.1, 0.15) is 24.2 Å². The molecule has 0 saturated heterocycles. The normalized spacial score (nSPS) is 15.8. The van der Waals surface area contributed by atoms with E-state index in [9.17, 15) is 0 Å². The van der Waals surface area contributed by atoms with Gasteiger partial charge in [0, 0.05) is 19.7 Å². The van der Waals surface area contributed by atoms with Gasteiger partial charge in [0.25, 0.3) is 0 Å². The van der Waals surface area contributed by atoms with Crippen LogP contribution < -0.4 is 5.32 Å². The first-order valence-electron chi connectivity index (χ1n) is 5.05. The van der Waals surface area contributed by atoms with Gasteiger partial charge in [-0.15, -0.1) is 0 Å². The number of ether oxygens (including phenoxy) is 1. The van der Waals surface area contributed by atoms with Gasteiger partial charge in [0.2, 0.25) is 0 Å². The van der Waals surface area contributed by atoms with Gasteiger partial charge in [-0.05, 0) is 25.0 Å². The Morgan fingerprint density at radius 1 is 1.43 bits per heavy atom. The number of pyridine rings is 1. The highest BCUT2D eigenvalue weighted by Crippen LogP contribution is 2.18. The molecule has 0 aliphatic heterocycles. The van der Waals surface area contributed by atoms with Crippen molar-refractivity contribution in [3.05, 3.63) is 29.6 Å². The lowest BCUT2D eigenvalue weighted by molar-refractivity contribution is 0.181. The Morgan fingerprint density at radius 2 is 2.21 bits per heavy atom. The Morgan fingerprint density at radius 3 is 2.93 bits per heavy atom. The molecule has 76 valence electrons. The van der Waals surface area contributed by atoms with E-state index in [4.69, 9.17) is 4.74 Å². The van der Waals surface area contributed by atoms with Crippen LogP contribution >= 0.6 is 0 Å². The van der Waals surface area contributed by atoms with Crippen molar-refractivity contribution < 1.29 is 4.74 Å². The zero-order valence-electron chi connectivity index (χ0n) is 8.49. The van der Waals surface area contributed by atoms with Crippen LogP contribution in [-0.2, 0) is 17.9 Å². The maximum atomic E-state index is 5.04. The van der Waals surface area contributed by atoms with Gasteiger partial charge in [-0.2, -0.15) is 0 Å². The fourth-order valence-corrected chi connectivity index (χ4v) is 1.39. The molecular formula is C11H16N2O. The van der Waals surface area contributed by atoms with E-state index in [1.165, 1.54) is 12.8 Å². The molecule has 1 N–H and O–H groups in total. The summed E-state index contributed by atoms with van der Waals surface area (Å²) in [5, 5.41) is 3.44. The van der Waals surface area contributed by atoms with E-state index >= 15 is 0 Å². The van der Waals surface area contributed by atoms with Gasteiger partial charge in [-0.3, -0.25) is 4.98 Å². The third kappa shape index (κ3) is 2.79. The van der Waals surface area contributed by atoms with E-state index in [-0.39, 0.29) is 0 Å². The predicted molar refractivity (Wildman–Crippen MR) is 54.8 cm³/mol. The molecular weight excluding hydrogens is 176 g/mol. The topological polar surface area (TPSA) is 34.1 Å². The second-order valence-corrected chi connectivity index (χ2v) is 3.71. The highest BCUT2D eigenvalue weighted by atomic mass is 16.5. The monoisotopic (exact) mass is 192 g/mol. The van der Waals surface area contributed by atoms with Crippen molar-refractivity contribution in [2.45, 2.75) is 32.0 Å². The molecule has 0 radical (unpaired) electrons. The molecule has 0 amide bonds. The molecule has 3 heteroatoms. The third-order valence-corrected chi connectivity index (χ3v) is 2.31. The van der Waals surface area contributed by atoms with Crippen LogP contribution in [-0.4, -0.2) is 18.1 Å². The quantitative estimate of drug-likeness (QED) is 0.767. The molecule has 0 spiro atoms. The summed E-state index contributed by atoms with van der Waals surface area (Å²) < 4.78 is 5.04. The maximum Gasteiger partial charge on any atom is 0.0884 e. The summed E-state index contributed by atoms with van der Waals surface area (Å²) in [6.07, 6.45) is 2.63. The minimum Gasteiger partial charge on any atom is -0.378 e. The number of nitrogens with zero attached hydrogens (tertiary/aromatic N) is 1. The van der Waals surface area contributed by atoms with Gasteiger partial charge in [0.05, 0.1) is 18.0 Å². The summed E-state index contributed by atoms with van der Waals surface area (Å²) in [7, 11) is 1.69. The van der Waals surface area contributed by atoms with Gasteiger partial charge in [-0.1, -0.05) is 6.07 Å². The highest BCUT2D eigenvalue weighted by molar-refractivity contribution is 5.10. The number of aromatic nitrogens is 1. The van der Waals surface area contributed by atoms with E-state index in [2.05, 4.69) is 16.4 Å². The lowest BCUT2D eigenvalue weighted by atomic mass is 10.3. The van der Waals surface area contributed by atoms with Crippen molar-refractivity contribution in [3.63, 3.8) is 0 Å². The Bertz CT molecular complexity index is 297. The SMILES string of the molecule is COCc1cccc(CNC2CC2)n1. The number of nitrogens with one attached hydrogen (secondary N) is 1. The van der Waals surface area contributed by atoms with Crippen molar-refractivity contribution in [2.24, 2.45) is 0 Å². The van der Waals surface area contributed by atoms with Crippen molar-refractivity contribution in [1.29, 1.82) is 0 Å². The molecule has 2 rings (SSSR count). The predicted octanol–water partition coefficient (Wildman–Crippen LogP) is 1.48. The van der Waals surface area contributed by atoms with Crippen LogP contribution in [0.15, 0.2) is 18.2 Å². The Kier molecular flexibility index (Phi) is 3.11. The standard InChI is InChI=1S/C11H16N2O/c1-14-8-11-4-2-3-10(13-11)7-12-9-5-6-9/h2-4,9,12H,5-8H2,1H3. The minimum atomic E-state index is 0.595. The molecule has 0 bridgehead atoms. The van der Waals surface area contributed by atoms with Crippen LogP contribution in [0.4, 0.5) is 0 Å². The summed E-state index contributed by atoms with van der Waals surface area (Å²) in [5.74, 6) is 0. The van der Waals surface area contributed by atoms with Crippen LogP contribution in [0.2, 0.25) is 0 Å². The zero-order valence-corrected chi connectivity index (χ0v) is 8.49. The molecule has 0 atom stereocenters. The molecule has 3 nitrogen and oxygen atoms in total. The fourth-order valence-electron chi connectivity index (χ4n) is 1.39. The molecule has 1 heterocycles. The van der Waals surface area contributed by atoms with Crippen molar-refractivity contribution in [2.75, 3.05) is 7.11 Å². The van der Waals surface area contributed by atoms with Crippen LogP contribution in [0, 0.1) is 0 Å². The average molecular weight is 192 g/mol. The fraction of sp³-hybridized carbons (Fsp3) is 0.545. The Hall–Kier alpha value is -0.930. The first-order chi connectivity index (χ1) is 6.88. The molecule has 0 unspecified atom stereocenters. The lowest BCUT2D eigenvalue weighted by Crippen LogP contribution is -2.16. The minimum absolute atomic E-state index is 0.595. The molecule has 1 aromatic heterocycles. The molecule has 0 aromatic carbocycles. The number of hydrogen-bond acceptors (Lipinski definition) is 3. The first-order valence-corrected chi connectivity index (χ1v) is 5.05. The molecule has 14 heavy (non-hydrogen) atoms. The Labute approximate surface area is 84.5 Å². The van der Waals surface area contributed by atoms with Crippen molar-refractivity contribution in [3.8, 4) is 0 Å². The largest absolute Gasteiger partial charge is 0.378 e. The van der Waals surface area contributed by atoms with Gasteiger partial charge in [0.1, 0.15) is 0 Å². The number of methoxy groups -OCH3 is 1. The van der Waals surface area contributed by atoms with Crippen LogP contribution in [0.25, 0.3) is 0 Å². The van der Waals surface area contributed by atoms with E-state index in [1.807, 2.05) is 12.1 Å². The summed E-state index contributed by atoms with van der Waals surface area (Å²) >= 11 is 0. The van der Waals surface area contributed by atoms with Crippen LogP contribution in [0.5, 0.6) is 0 Å². The van der Waals surface area contributed by atoms with Crippen molar-refractivity contribution >= 4 is 0 Å². The van der Waals surface area contributed by atoms with Gasteiger partial charge < -0.3 is 10.1 Å². The number of rotatable bonds is 5. The van der Waals surface area contributed by atoms with E-state index in [0.29, 0.717) is 6.61 Å². The smallest absolute Gasteiger partial charge is 0.0884 e. The van der Waals surface area contributed by atoms with Gasteiger partial charge in [0.15, 0.2) is 0 Å². The molecule has 1 saturated carbocycles. The van der Waals surface area contributed by atoms with Crippen LogP contribution in [0.3, 0.4) is 0 Å². The molecule has 1 aliphatic carbocycles. The van der Waals surface area contributed by atoms with E-state index in [1.54, 1.807) is 7.11 Å². The summed E-state index contributed by atoms with van der Waals surface area (Å²) in [5.41, 5.74) is 2.11. The average Bonchev–Trinajstić information content (AvgIpc) is 2.99. The highest BCUT2D eigenvalue weighted by Gasteiger charge is 2.19. The number of hydrogen-bond donors (Lipinski definition) is 1. The lowest BCUT2D eigenvalue weighted by Gasteiger charge is -2.04. The van der Waals surface area contributed by atoms with Gasteiger partial charge in [-0.25, -0.2) is 0 Å². The van der Waals surface area contributed by atoms with Crippen molar-refractivity contribution in [1.82, 2.24) is 10.3 Å². The summed E-state index contributed by atoms with van der Waals surface area (Å²) in [6.45, 7) is 1.47.